The van der Waals surface area contributed by atoms with Crippen LogP contribution in [0.4, 0.5) is 0 Å². The fourth-order valence-electron chi connectivity index (χ4n) is 7.50. The number of para-hydroxylation sites is 2. The van der Waals surface area contributed by atoms with Crippen molar-refractivity contribution in [3.8, 4) is 0 Å². The van der Waals surface area contributed by atoms with Crippen LogP contribution in [0.15, 0.2) is 54.6 Å². The first-order chi connectivity index (χ1) is 16.9. The molecule has 0 bridgehead atoms. The van der Waals surface area contributed by atoms with Crippen LogP contribution in [0.5, 0.6) is 0 Å². The summed E-state index contributed by atoms with van der Waals surface area (Å²) in [6, 6.07) is 21.0. The number of hydrogen-bond acceptors (Lipinski definition) is 2. The van der Waals surface area contributed by atoms with Crippen LogP contribution >= 0.6 is 0 Å². The first-order valence-electron chi connectivity index (χ1n) is 14.1. The van der Waals surface area contributed by atoms with Gasteiger partial charge in [0.05, 0.1) is 11.0 Å². The van der Waals surface area contributed by atoms with Crippen molar-refractivity contribution in [3.05, 3.63) is 66.0 Å². The standard InChI is InChI=1S/C31H41N3/c1-2-12-22-31(21-11-1,26-15-7-4-8-16-26)33-23-19-27(20-24-33)34-29-18-10-9-17-28(29)32-30(34)25-13-5-3-6-14-25/h4,7-10,15-18,25,27H,1-3,5-6,11-14,19-24H2. The lowest BCUT2D eigenvalue weighted by molar-refractivity contribution is 0.0354. The highest BCUT2D eigenvalue weighted by Crippen LogP contribution is 2.44. The molecule has 180 valence electrons. The van der Waals surface area contributed by atoms with Crippen LogP contribution in [-0.4, -0.2) is 27.5 Å². The molecule has 0 N–H and O–H groups in total. The molecule has 0 spiro atoms. The zero-order valence-corrected chi connectivity index (χ0v) is 20.8. The van der Waals surface area contributed by atoms with Crippen molar-refractivity contribution in [2.45, 2.75) is 101 Å². The number of aromatic nitrogens is 2. The van der Waals surface area contributed by atoms with Crippen molar-refractivity contribution in [1.29, 1.82) is 0 Å². The number of rotatable bonds is 4. The maximum absolute atomic E-state index is 5.24. The van der Waals surface area contributed by atoms with Crippen molar-refractivity contribution >= 4 is 11.0 Å². The van der Waals surface area contributed by atoms with Gasteiger partial charge in [0.1, 0.15) is 5.82 Å². The number of benzene rings is 2. The zero-order valence-electron chi connectivity index (χ0n) is 20.8. The van der Waals surface area contributed by atoms with Gasteiger partial charge in [-0.15, -0.1) is 0 Å². The number of imidazole rings is 1. The summed E-state index contributed by atoms with van der Waals surface area (Å²) in [5.74, 6) is 2.04. The Kier molecular flexibility index (Phi) is 6.47. The van der Waals surface area contributed by atoms with Crippen molar-refractivity contribution < 1.29 is 0 Å². The first-order valence-corrected chi connectivity index (χ1v) is 14.1. The van der Waals surface area contributed by atoms with Crippen LogP contribution in [0.3, 0.4) is 0 Å². The summed E-state index contributed by atoms with van der Waals surface area (Å²) in [5, 5.41) is 0. The number of likely N-dealkylation sites (tertiary alicyclic amines) is 1. The van der Waals surface area contributed by atoms with Crippen molar-refractivity contribution in [1.82, 2.24) is 14.5 Å². The second-order valence-electron chi connectivity index (χ2n) is 11.2. The molecule has 3 aliphatic rings. The zero-order chi connectivity index (χ0) is 22.8. The van der Waals surface area contributed by atoms with Crippen LogP contribution < -0.4 is 0 Å². The summed E-state index contributed by atoms with van der Waals surface area (Å²) >= 11 is 0. The van der Waals surface area contributed by atoms with Gasteiger partial charge < -0.3 is 4.57 Å². The molecule has 2 aromatic carbocycles. The van der Waals surface area contributed by atoms with Gasteiger partial charge in [-0.2, -0.15) is 0 Å². The van der Waals surface area contributed by atoms with Gasteiger partial charge in [0.25, 0.3) is 0 Å². The highest BCUT2D eigenvalue weighted by Gasteiger charge is 2.41. The fraction of sp³-hybridized carbons (Fsp3) is 0.581. The molecule has 0 radical (unpaired) electrons. The molecule has 3 aromatic rings. The third-order valence-electron chi connectivity index (χ3n) is 9.27. The molecule has 6 rings (SSSR count). The minimum Gasteiger partial charge on any atom is -0.325 e. The van der Waals surface area contributed by atoms with E-state index in [1.165, 1.54) is 113 Å². The van der Waals surface area contributed by atoms with E-state index < -0.39 is 0 Å². The van der Waals surface area contributed by atoms with Gasteiger partial charge in [0.15, 0.2) is 0 Å². The number of hydrogen-bond donors (Lipinski definition) is 0. The van der Waals surface area contributed by atoms with Gasteiger partial charge >= 0.3 is 0 Å². The molecular formula is C31H41N3. The Hall–Kier alpha value is -2.13. The Morgan fingerprint density at radius 1 is 0.676 bits per heavy atom. The molecule has 1 aliphatic heterocycles. The van der Waals surface area contributed by atoms with Crippen LogP contribution in [0.25, 0.3) is 11.0 Å². The Morgan fingerprint density at radius 2 is 1.32 bits per heavy atom. The molecule has 2 saturated carbocycles. The summed E-state index contributed by atoms with van der Waals surface area (Å²) in [5.41, 5.74) is 4.38. The van der Waals surface area contributed by atoms with E-state index in [1.807, 2.05) is 0 Å². The monoisotopic (exact) mass is 455 g/mol. The Morgan fingerprint density at radius 3 is 2.06 bits per heavy atom. The molecule has 2 aliphatic carbocycles. The summed E-state index contributed by atoms with van der Waals surface area (Å²) in [7, 11) is 0. The lowest BCUT2D eigenvalue weighted by Crippen LogP contribution is -2.50. The van der Waals surface area contributed by atoms with Crippen LogP contribution in [0.1, 0.15) is 107 Å². The van der Waals surface area contributed by atoms with E-state index in [1.54, 1.807) is 5.56 Å². The van der Waals surface area contributed by atoms with E-state index in [9.17, 15) is 0 Å². The summed E-state index contributed by atoms with van der Waals surface area (Å²) in [6.45, 7) is 2.41. The van der Waals surface area contributed by atoms with Crippen molar-refractivity contribution in [2.24, 2.45) is 0 Å². The predicted molar refractivity (Wildman–Crippen MR) is 141 cm³/mol. The molecule has 2 heterocycles. The maximum Gasteiger partial charge on any atom is 0.113 e. The van der Waals surface area contributed by atoms with E-state index in [4.69, 9.17) is 4.98 Å². The lowest BCUT2D eigenvalue weighted by atomic mass is 9.79. The van der Waals surface area contributed by atoms with Crippen molar-refractivity contribution in [3.63, 3.8) is 0 Å². The first kappa shape index (κ1) is 22.3. The number of fused-ring (bicyclic) bond motifs is 1. The highest BCUT2D eigenvalue weighted by atomic mass is 15.2. The number of piperidine rings is 1. The molecule has 34 heavy (non-hydrogen) atoms. The smallest absolute Gasteiger partial charge is 0.113 e. The van der Waals surface area contributed by atoms with Gasteiger partial charge in [0, 0.05) is 30.6 Å². The van der Waals surface area contributed by atoms with E-state index in [0.717, 1.165) is 0 Å². The summed E-state index contributed by atoms with van der Waals surface area (Å²) in [6.07, 6.45) is 17.4. The van der Waals surface area contributed by atoms with Gasteiger partial charge in [-0.25, -0.2) is 4.98 Å². The van der Waals surface area contributed by atoms with Crippen LogP contribution in [-0.2, 0) is 5.54 Å². The summed E-state index contributed by atoms with van der Waals surface area (Å²) < 4.78 is 2.70. The van der Waals surface area contributed by atoms with E-state index >= 15 is 0 Å². The van der Waals surface area contributed by atoms with Crippen LogP contribution in [0, 0.1) is 0 Å². The Labute approximate surface area is 205 Å². The topological polar surface area (TPSA) is 21.1 Å². The highest BCUT2D eigenvalue weighted by molar-refractivity contribution is 5.76. The molecule has 0 unspecified atom stereocenters. The van der Waals surface area contributed by atoms with Gasteiger partial charge in [-0.1, -0.05) is 87.4 Å². The maximum atomic E-state index is 5.24. The molecule has 0 atom stereocenters. The number of nitrogens with zero attached hydrogens (tertiary/aromatic N) is 3. The largest absolute Gasteiger partial charge is 0.325 e. The minimum atomic E-state index is 0.242. The van der Waals surface area contributed by atoms with Gasteiger partial charge in [-0.3, -0.25) is 4.90 Å². The molecule has 0 amide bonds. The van der Waals surface area contributed by atoms with E-state index in [-0.39, 0.29) is 5.54 Å². The predicted octanol–water partition coefficient (Wildman–Crippen LogP) is 7.97. The second kappa shape index (κ2) is 9.85. The summed E-state index contributed by atoms with van der Waals surface area (Å²) in [4.78, 5) is 8.14. The molecule has 3 fully saturated rings. The molecule has 3 heteroatoms. The molecule has 1 aromatic heterocycles. The fourth-order valence-corrected chi connectivity index (χ4v) is 7.50. The quantitative estimate of drug-likeness (QED) is 0.372. The Bertz CT molecular complexity index is 1060. The normalized spacial score (nSPS) is 23.2. The van der Waals surface area contributed by atoms with Gasteiger partial charge in [-0.05, 0) is 56.2 Å². The molecule has 3 nitrogen and oxygen atoms in total. The third kappa shape index (κ3) is 4.11. The third-order valence-corrected chi connectivity index (χ3v) is 9.27. The van der Waals surface area contributed by atoms with Crippen LogP contribution in [0.2, 0.25) is 0 Å². The average molecular weight is 456 g/mol. The van der Waals surface area contributed by atoms with Crippen molar-refractivity contribution in [2.75, 3.05) is 13.1 Å². The van der Waals surface area contributed by atoms with E-state index in [0.29, 0.717) is 12.0 Å². The Balaban J connectivity index is 1.29. The second-order valence-corrected chi connectivity index (χ2v) is 11.2. The SMILES string of the molecule is c1ccc(C2(N3CCC(n4c(C5CCCCC5)nc5ccccc54)CC3)CCCCCC2)cc1. The molecule has 1 saturated heterocycles. The minimum absolute atomic E-state index is 0.242. The van der Waals surface area contributed by atoms with Gasteiger partial charge in [0.2, 0.25) is 0 Å². The average Bonchev–Trinajstić information content (AvgIpc) is 3.12. The van der Waals surface area contributed by atoms with E-state index in [2.05, 4.69) is 64.1 Å². The molecular weight excluding hydrogens is 414 g/mol. The lowest BCUT2D eigenvalue weighted by Gasteiger charge is -2.48.